The van der Waals surface area contributed by atoms with Crippen molar-refractivity contribution in [2.45, 2.75) is 41.0 Å². The van der Waals surface area contributed by atoms with Crippen LogP contribution in [-0.2, 0) is 0 Å². The molecule has 2 N–H and O–H groups in total. The minimum atomic E-state index is 0.385. The third kappa shape index (κ3) is 7.10. The molecule has 0 amide bonds. The molecular weight excluding hydrogens is 316 g/mol. The molecule has 0 fully saturated rings. The Labute approximate surface area is 159 Å². The van der Waals surface area contributed by atoms with Gasteiger partial charge in [0.2, 0.25) is 0 Å². The van der Waals surface area contributed by atoms with E-state index in [0.29, 0.717) is 11.6 Å². The third-order valence-corrected chi connectivity index (χ3v) is 3.81. The molecule has 0 bridgehead atoms. The van der Waals surface area contributed by atoms with Gasteiger partial charge in [0, 0.05) is 11.4 Å². The van der Waals surface area contributed by atoms with Gasteiger partial charge >= 0.3 is 0 Å². The van der Waals surface area contributed by atoms with Crippen LogP contribution in [0.25, 0.3) is 0 Å². The predicted molar refractivity (Wildman–Crippen MR) is 117 cm³/mol. The summed E-state index contributed by atoms with van der Waals surface area (Å²) in [7, 11) is 0. The zero-order valence-electron chi connectivity index (χ0n) is 16.8. The number of nitrogens with zero attached hydrogens (tertiary/aromatic N) is 1. The lowest BCUT2D eigenvalue weighted by atomic mass is 10.0. The Morgan fingerprint density at radius 1 is 1.31 bits per heavy atom. The van der Waals surface area contributed by atoms with Crippen LogP contribution in [0.1, 0.15) is 41.0 Å². The highest BCUT2D eigenvalue weighted by atomic mass is 14.8. The van der Waals surface area contributed by atoms with Crippen LogP contribution in [0.2, 0.25) is 0 Å². The molecule has 26 heavy (non-hydrogen) atoms. The molecule has 0 spiro atoms. The van der Waals surface area contributed by atoms with Crippen molar-refractivity contribution in [3.05, 3.63) is 95.5 Å². The molecule has 2 nitrogen and oxygen atoms in total. The molecule has 0 aromatic heterocycles. The molecule has 1 atom stereocenters. The first-order valence-electron chi connectivity index (χ1n) is 9.17. The van der Waals surface area contributed by atoms with Gasteiger partial charge in [0.05, 0.1) is 5.70 Å². The van der Waals surface area contributed by atoms with E-state index in [1.165, 1.54) is 5.57 Å². The van der Waals surface area contributed by atoms with E-state index in [4.69, 9.17) is 10.7 Å². The van der Waals surface area contributed by atoms with Gasteiger partial charge in [-0.25, -0.2) is 0 Å². The molecular formula is C24H32N2. The largest absolute Gasteiger partial charge is 0.399 e. The molecule has 1 aliphatic carbocycles. The van der Waals surface area contributed by atoms with E-state index in [1.54, 1.807) is 6.08 Å². The smallest absolute Gasteiger partial charge is 0.0702 e. The summed E-state index contributed by atoms with van der Waals surface area (Å²) >= 11 is 0. The van der Waals surface area contributed by atoms with Crippen molar-refractivity contribution >= 4 is 5.71 Å². The summed E-state index contributed by atoms with van der Waals surface area (Å²) in [6, 6.07) is 0. The molecule has 1 rings (SSSR count). The Morgan fingerprint density at radius 3 is 2.62 bits per heavy atom. The Kier molecular flexibility index (Phi) is 9.14. The number of nitrogens with two attached hydrogens (primary N) is 1. The van der Waals surface area contributed by atoms with Gasteiger partial charge < -0.3 is 5.73 Å². The van der Waals surface area contributed by atoms with Gasteiger partial charge in [0.15, 0.2) is 0 Å². The fraction of sp³-hybridized carbons (Fsp3) is 0.292. The van der Waals surface area contributed by atoms with Gasteiger partial charge in [-0.15, -0.1) is 0 Å². The summed E-state index contributed by atoms with van der Waals surface area (Å²) in [4.78, 5) is 5.00. The van der Waals surface area contributed by atoms with Crippen LogP contribution in [0.5, 0.6) is 0 Å². The maximum absolute atomic E-state index is 5.85. The zero-order chi connectivity index (χ0) is 19.5. The number of hydrogen-bond donors (Lipinski definition) is 1. The van der Waals surface area contributed by atoms with E-state index in [2.05, 4.69) is 70.7 Å². The average molecular weight is 349 g/mol. The van der Waals surface area contributed by atoms with E-state index < -0.39 is 0 Å². The summed E-state index contributed by atoms with van der Waals surface area (Å²) in [5.74, 6) is 0.385. The molecule has 2 heteroatoms. The lowest BCUT2D eigenvalue weighted by Crippen LogP contribution is -2.02. The van der Waals surface area contributed by atoms with Crippen LogP contribution in [0.3, 0.4) is 0 Å². The number of hydrogen-bond acceptors (Lipinski definition) is 2. The van der Waals surface area contributed by atoms with E-state index >= 15 is 0 Å². The quantitative estimate of drug-likeness (QED) is 0.422. The second-order valence-electron chi connectivity index (χ2n) is 6.54. The van der Waals surface area contributed by atoms with Gasteiger partial charge in [0.1, 0.15) is 0 Å². The molecule has 0 aromatic carbocycles. The predicted octanol–water partition coefficient (Wildman–Crippen LogP) is 6.35. The highest BCUT2D eigenvalue weighted by Gasteiger charge is 2.09. The van der Waals surface area contributed by atoms with Crippen LogP contribution < -0.4 is 5.73 Å². The minimum Gasteiger partial charge on any atom is -0.399 e. The van der Waals surface area contributed by atoms with Gasteiger partial charge in [-0.05, 0) is 62.5 Å². The molecule has 0 aromatic rings. The molecule has 1 unspecified atom stereocenters. The van der Waals surface area contributed by atoms with E-state index in [-0.39, 0.29) is 0 Å². The maximum atomic E-state index is 5.85. The molecule has 138 valence electrons. The highest BCUT2D eigenvalue weighted by molar-refractivity contribution is 6.03. The highest BCUT2D eigenvalue weighted by Crippen LogP contribution is 2.23. The average Bonchev–Trinajstić information content (AvgIpc) is 2.76. The maximum Gasteiger partial charge on any atom is 0.0702 e. The summed E-state index contributed by atoms with van der Waals surface area (Å²) < 4.78 is 0. The van der Waals surface area contributed by atoms with E-state index in [0.717, 1.165) is 29.0 Å². The lowest BCUT2D eigenvalue weighted by Gasteiger charge is -2.10. The second kappa shape index (κ2) is 11.1. The molecule has 0 heterocycles. The van der Waals surface area contributed by atoms with E-state index in [9.17, 15) is 0 Å². The topological polar surface area (TPSA) is 38.4 Å². The van der Waals surface area contributed by atoms with Crippen molar-refractivity contribution in [2.75, 3.05) is 0 Å². The summed E-state index contributed by atoms with van der Waals surface area (Å²) in [6.45, 7) is 14.2. The van der Waals surface area contributed by atoms with Gasteiger partial charge in [-0.1, -0.05) is 68.5 Å². The first-order chi connectivity index (χ1) is 12.4. The Morgan fingerprint density at radius 2 is 2.04 bits per heavy atom. The molecule has 0 radical (unpaired) electrons. The van der Waals surface area contributed by atoms with Crippen molar-refractivity contribution < 1.29 is 0 Å². The van der Waals surface area contributed by atoms with Crippen LogP contribution in [0.4, 0.5) is 0 Å². The van der Waals surface area contributed by atoms with Crippen LogP contribution in [-0.4, -0.2) is 5.71 Å². The first kappa shape index (κ1) is 21.4. The number of aliphatic imine (C=N–C) groups is 1. The van der Waals surface area contributed by atoms with E-state index in [1.807, 2.05) is 25.2 Å². The van der Waals surface area contributed by atoms with Crippen LogP contribution in [0, 0.1) is 5.92 Å². The fourth-order valence-electron chi connectivity index (χ4n) is 2.55. The van der Waals surface area contributed by atoms with Crippen LogP contribution in [0.15, 0.2) is 100 Å². The molecule has 0 saturated heterocycles. The normalized spacial score (nSPS) is 19.1. The van der Waals surface area contributed by atoms with Gasteiger partial charge in [-0.3, -0.25) is 4.99 Å². The minimum absolute atomic E-state index is 0.385. The monoisotopic (exact) mass is 348 g/mol. The SMILES string of the molecule is C=C\C(N)=C/C=C(\C=C/C)C(CC)=NC1=CC=CC(C)C=C1C=C(C)C. The van der Waals surface area contributed by atoms with Gasteiger partial charge in [0.25, 0.3) is 0 Å². The lowest BCUT2D eigenvalue weighted by molar-refractivity contribution is 0.934. The summed E-state index contributed by atoms with van der Waals surface area (Å²) in [5.41, 5.74) is 12.0. The first-order valence-corrected chi connectivity index (χ1v) is 9.17. The third-order valence-electron chi connectivity index (χ3n) is 3.81. The Bertz CT molecular complexity index is 743. The van der Waals surface area contributed by atoms with Crippen molar-refractivity contribution in [3.63, 3.8) is 0 Å². The Hall–Kier alpha value is -2.61. The fourth-order valence-corrected chi connectivity index (χ4v) is 2.55. The second-order valence-corrected chi connectivity index (χ2v) is 6.54. The van der Waals surface area contributed by atoms with Crippen molar-refractivity contribution in [2.24, 2.45) is 16.6 Å². The molecule has 0 saturated carbocycles. The van der Waals surface area contributed by atoms with Crippen LogP contribution >= 0.6 is 0 Å². The van der Waals surface area contributed by atoms with Crippen molar-refractivity contribution in [3.8, 4) is 0 Å². The number of allylic oxidation sites excluding steroid dienone is 12. The standard InChI is InChI=1S/C24H32N2/c1-7-11-20(14-15-22(25)8-2)23(9-3)26-24-13-10-12-19(6)17-21(24)16-18(4)5/h7-8,10-17,19H,2,9,25H2,1,3-6H3/b11-7-,20-14+,22-15+,26-23?. The zero-order valence-corrected chi connectivity index (χ0v) is 16.8. The Balaban J connectivity index is 3.43. The summed E-state index contributed by atoms with van der Waals surface area (Å²) in [5, 5.41) is 0. The van der Waals surface area contributed by atoms with Crippen molar-refractivity contribution in [1.82, 2.24) is 0 Å². The number of rotatable bonds is 7. The molecule has 0 aliphatic heterocycles. The summed E-state index contributed by atoms with van der Waals surface area (Å²) in [6.07, 6.45) is 21.2. The molecule has 1 aliphatic rings. The van der Waals surface area contributed by atoms with Gasteiger partial charge in [-0.2, -0.15) is 0 Å². The van der Waals surface area contributed by atoms with Crippen molar-refractivity contribution in [1.29, 1.82) is 0 Å².